The maximum absolute atomic E-state index is 11.6. The van der Waals surface area contributed by atoms with Crippen LogP contribution < -0.4 is 0 Å². The number of carbonyl (C=O) groups is 4. The van der Waals surface area contributed by atoms with Gasteiger partial charge in [-0.05, 0) is 102 Å². The van der Waals surface area contributed by atoms with Gasteiger partial charge in [-0.25, -0.2) is 19.4 Å². The Morgan fingerprint density at radius 1 is 0.707 bits per heavy atom. The summed E-state index contributed by atoms with van der Waals surface area (Å²) in [6.45, 7) is 8.55. The van der Waals surface area contributed by atoms with E-state index in [4.69, 9.17) is 9.15 Å². The number of aromatic nitrogens is 4. The predicted octanol–water partition coefficient (Wildman–Crippen LogP) is 11.3. The highest BCUT2D eigenvalue weighted by Crippen LogP contribution is 2.61. The van der Waals surface area contributed by atoms with Crippen molar-refractivity contribution in [3.05, 3.63) is 114 Å². The van der Waals surface area contributed by atoms with E-state index >= 15 is 0 Å². The first-order valence-electron chi connectivity index (χ1n) is 17.3. The summed E-state index contributed by atoms with van der Waals surface area (Å²) in [5.74, 6) is -0.283. The van der Waals surface area contributed by atoms with E-state index in [1.54, 1.807) is 42.7 Å². The molecule has 0 aliphatic carbocycles. The molecule has 0 bridgehead atoms. The fourth-order valence-corrected chi connectivity index (χ4v) is 5.97. The van der Waals surface area contributed by atoms with Crippen molar-refractivity contribution in [3.63, 3.8) is 0 Å². The van der Waals surface area contributed by atoms with Crippen LogP contribution in [0.15, 0.2) is 96.3 Å². The molecular weight excluding hydrogens is 830 g/mol. The number of methoxy groups -OCH3 is 3. The number of rotatable bonds is 8. The Morgan fingerprint density at radius 3 is 1.64 bits per heavy atom. The van der Waals surface area contributed by atoms with Crippen molar-refractivity contribution >= 4 is 95.8 Å². The van der Waals surface area contributed by atoms with Gasteiger partial charge in [-0.1, -0.05) is 25.6 Å². The topological polar surface area (TPSA) is 154 Å². The van der Waals surface area contributed by atoms with Gasteiger partial charge in [0.2, 0.25) is 0 Å². The Bertz CT molecular complexity index is 2550. The second-order valence-corrected chi connectivity index (χ2v) is 18.5. The number of benzene rings is 3. The number of nitrogens with zero attached hydrogens (tertiary/aromatic N) is 4. The first-order chi connectivity index (χ1) is 27.2. The average Bonchev–Trinajstić information content (AvgIpc) is 4.03. The highest BCUT2D eigenvalue weighted by molar-refractivity contribution is 8.24. The molecular formula is C41H44Cl3N4O9P. The lowest BCUT2D eigenvalue weighted by Crippen LogP contribution is -2.01. The predicted molar refractivity (Wildman–Crippen MR) is 230 cm³/mol. The number of aryl methyl sites for hydroxylation is 3. The molecule has 4 aromatic heterocycles. The van der Waals surface area contributed by atoms with Gasteiger partial charge in [-0.2, -0.15) is 0 Å². The zero-order valence-corrected chi connectivity index (χ0v) is 35.1. The number of oxazole rings is 1. The van der Waals surface area contributed by atoms with E-state index in [0.717, 1.165) is 64.2 Å². The monoisotopic (exact) mass is 872 g/mol. The van der Waals surface area contributed by atoms with Crippen LogP contribution in [0.3, 0.4) is 0 Å². The molecule has 0 N–H and O–H groups in total. The van der Waals surface area contributed by atoms with Crippen molar-refractivity contribution < 1.29 is 42.4 Å². The molecule has 0 spiro atoms. The van der Waals surface area contributed by atoms with E-state index in [1.165, 1.54) is 27.7 Å². The number of hydrogen-bond donors (Lipinski definition) is 0. The minimum Gasteiger partial charge on any atom is -0.465 e. The van der Waals surface area contributed by atoms with Crippen molar-refractivity contribution in [2.75, 3.05) is 21.3 Å². The smallest absolute Gasteiger partial charge is 0.339 e. The number of fused-ring (bicyclic) bond motifs is 3. The third-order valence-corrected chi connectivity index (χ3v) is 8.68. The van der Waals surface area contributed by atoms with E-state index in [-0.39, 0.29) is 25.3 Å². The van der Waals surface area contributed by atoms with E-state index in [0.29, 0.717) is 28.0 Å². The summed E-state index contributed by atoms with van der Waals surface area (Å²) >= 11 is 13.8. The Hall–Kier alpha value is -5.33. The molecule has 58 heavy (non-hydrogen) atoms. The number of aldehydes is 1. The zero-order valence-electron chi connectivity index (χ0n) is 31.9. The third-order valence-electron chi connectivity index (χ3n) is 8.68. The molecule has 7 aromatic rings. The molecule has 0 saturated carbocycles. The molecule has 0 radical (unpaired) electrons. The molecule has 0 fully saturated rings. The van der Waals surface area contributed by atoms with E-state index in [9.17, 15) is 23.7 Å². The van der Waals surface area contributed by atoms with Gasteiger partial charge in [-0.15, -0.1) is 0 Å². The molecule has 0 atom stereocenters. The van der Waals surface area contributed by atoms with Gasteiger partial charge in [0.1, 0.15) is 0 Å². The third kappa shape index (κ3) is 11.6. The van der Waals surface area contributed by atoms with Crippen molar-refractivity contribution in [1.82, 2.24) is 18.7 Å². The lowest BCUT2D eigenvalue weighted by molar-refractivity contribution is 0.0592. The van der Waals surface area contributed by atoms with E-state index in [1.807, 2.05) is 54.2 Å². The summed E-state index contributed by atoms with van der Waals surface area (Å²) in [5.41, 5.74) is 6.15. The van der Waals surface area contributed by atoms with E-state index < -0.39 is 5.20 Å². The van der Waals surface area contributed by atoms with Crippen LogP contribution in [0.2, 0.25) is 0 Å². The van der Waals surface area contributed by atoms with Crippen molar-refractivity contribution in [1.29, 1.82) is 0 Å². The molecule has 4 heterocycles. The summed E-state index contributed by atoms with van der Waals surface area (Å²) in [6, 6.07) is 18.3. The van der Waals surface area contributed by atoms with Gasteiger partial charge in [0.15, 0.2) is 18.4 Å². The number of ether oxygens (including phenoxy) is 3. The van der Waals surface area contributed by atoms with Crippen molar-refractivity contribution in [2.45, 2.75) is 47.8 Å². The standard InChI is InChI=1S/C15H14N2O3.C13H13NO3.C12H13NO2.CH4.Cl3OP/c1-3-17-8-12(14-7-16-9-20-14)11-5-4-10(6-13(11)17)15(18)19-2;1-3-14-7-10(8-15)11-5-4-9(6-12(11)14)13(16)17-2;1-3-13-7-6-9-4-5-10(8-11(9)13)12(14)15-2;;1-5(2,3)4/h4-9H,3H2,1-2H3;4-8H,3H2,1-2H3;4-8H,3H2,1-2H3;1H4;. The zero-order chi connectivity index (χ0) is 41.9. The minimum absolute atomic E-state index is 0. The highest BCUT2D eigenvalue weighted by atomic mass is 36.0. The van der Waals surface area contributed by atoms with Gasteiger partial charge in [0.05, 0.1) is 44.2 Å². The summed E-state index contributed by atoms with van der Waals surface area (Å²) < 4.78 is 35.1. The number of hydrogen-bond acceptors (Lipinski definition) is 10. The van der Waals surface area contributed by atoms with Gasteiger partial charge >= 0.3 is 23.1 Å². The molecule has 0 aliphatic rings. The largest absolute Gasteiger partial charge is 0.465 e. The molecule has 7 rings (SSSR count). The van der Waals surface area contributed by atoms with Crippen LogP contribution in [0, 0.1) is 0 Å². The van der Waals surface area contributed by atoms with Crippen LogP contribution in [0.5, 0.6) is 0 Å². The van der Waals surface area contributed by atoms with E-state index in [2.05, 4.69) is 71.2 Å². The minimum atomic E-state index is -3.22. The summed E-state index contributed by atoms with van der Waals surface area (Å²) in [7, 11) is 4.12. The Labute approximate surface area is 350 Å². The first kappa shape index (κ1) is 47.0. The molecule has 13 nitrogen and oxygen atoms in total. The normalized spacial score (nSPS) is 10.6. The molecule has 0 aliphatic heterocycles. The second-order valence-electron chi connectivity index (χ2n) is 11.9. The van der Waals surface area contributed by atoms with Gasteiger partial charge in [-0.3, -0.25) is 9.36 Å². The maximum Gasteiger partial charge on any atom is 0.339 e. The van der Waals surface area contributed by atoms with Gasteiger partial charge in [0.25, 0.3) is 0 Å². The van der Waals surface area contributed by atoms with Crippen LogP contribution in [-0.4, -0.2) is 64.2 Å². The number of carbonyl (C=O) groups excluding carboxylic acids is 4. The average molecular weight is 874 g/mol. The summed E-state index contributed by atoms with van der Waals surface area (Å²) in [6.07, 6.45) is 9.74. The Kier molecular flexibility index (Phi) is 17.4. The van der Waals surface area contributed by atoms with Crippen LogP contribution >= 0.6 is 38.9 Å². The summed E-state index contributed by atoms with van der Waals surface area (Å²) in [5, 5.41) is -0.199. The van der Waals surface area contributed by atoms with Crippen LogP contribution in [-0.2, 0) is 38.4 Å². The highest BCUT2D eigenvalue weighted by Gasteiger charge is 2.15. The van der Waals surface area contributed by atoms with Gasteiger partial charge in [0, 0.05) is 76.7 Å². The molecule has 0 amide bonds. The Balaban J connectivity index is 0.000000220. The second kappa shape index (κ2) is 21.4. The fourth-order valence-electron chi connectivity index (χ4n) is 5.97. The Morgan fingerprint density at radius 2 is 1.17 bits per heavy atom. The van der Waals surface area contributed by atoms with Crippen LogP contribution in [0.25, 0.3) is 44.0 Å². The quantitative estimate of drug-likeness (QED) is 0.0624. The number of halogens is 3. The maximum atomic E-state index is 11.6. The van der Waals surface area contributed by atoms with Crippen LogP contribution in [0.1, 0.15) is 69.6 Å². The molecule has 0 unspecified atom stereocenters. The van der Waals surface area contributed by atoms with Crippen LogP contribution in [0.4, 0.5) is 0 Å². The lowest BCUT2D eigenvalue weighted by Gasteiger charge is -2.03. The van der Waals surface area contributed by atoms with Gasteiger partial charge < -0.3 is 32.3 Å². The fraction of sp³-hybridized carbons (Fsp3) is 0.244. The number of esters is 3. The summed E-state index contributed by atoms with van der Waals surface area (Å²) in [4.78, 5) is 49.3. The van der Waals surface area contributed by atoms with Crippen molar-refractivity contribution in [3.8, 4) is 11.3 Å². The SMILES string of the molecule is C.CCn1cc(-c2cnco2)c2ccc(C(=O)OC)cc21.CCn1cc(C=O)c2ccc(C(=O)OC)cc21.CCn1ccc2ccc(C(=O)OC)cc21.O=P(Cl)(Cl)Cl. The lowest BCUT2D eigenvalue weighted by atomic mass is 10.1. The molecule has 308 valence electrons. The molecule has 0 saturated heterocycles. The van der Waals surface area contributed by atoms with Crippen molar-refractivity contribution in [2.24, 2.45) is 0 Å². The molecule has 3 aromatic carbocycles. The molecule has 17 heteroatoms. The first-order valence-corrected chi connectivity index (χ1v) is 21.8.